The van der Waals surface area contributed by atoms with Gasteiger partial charge >= 0.3 is 11.7 Å². The number of ether oxygens (including phenoxy) is 1. The van der Waals surface area contributed by atoms with Gasteiger partial charge in [0.2, 0.25) is 5.91 Å². The van der Waals surface area contributed by atoms with Gasteiger partial charge in [-0.2, -0.15) is 9.36 Å². The molecule has 0 unspecified atom stereocenters. The standard InChI is InChI=1S/C20H19N5O4/c1-2-29-19(27)13-10-15-8-11-16(12-9-15)21-18(26)14-24-20(28)25(23-22-24)17-6-4-3-5-7-17/h3-13H,2,14H2,1H3,(H,21,26). The van der Waals surface area contributed by atoms with Crippen LogP contribution in [0.15, 0.2) is 65.5 Å². The molecule has 0 radical (unpaired) electrons. The monoisotopic (exact) mass is 393 g/mol. The van der Waals surface area contributed by atoms with Crippen molar-refractivity contribution in [3.63, 3.8) is 0 Å². The second kappa shape index (κ2) is 9.27. The summed E-state index contributed by atoms with van der Waals surface area (Å²) >= 11 is 0. The lowest BCUT2D eigenvalue weighted by atomic mass is 10.2. The second-order valence-corrected chi connectivity index (χ2v) is 5.92. The van der Waals surface area contributed by atoms with Gasteiger partial charge in [-0.15, -0.1) is 0 Å². The molecule has 1 aromatic heterocycles. The van der Waals surface area contributed by atoms with Gasteiger partial charge in [-0.1, -0.05) is 30.3 Å². The Kier molecular flexibility index (Phi) is 6.31. The summed E-state index contributed by atoms with van der Waals surface area (Å²) in [4.78, 5) is 35.9. The molecule has 0 saturated carbocycles. The van der Waals surface area contributed by atoms with Crippen LogP contribution in [-0.4, -0.2) is 38.3 Å². The molecule has 0 aliphatic rings. The zero-order valence-corrected chi connectivity index (χ0v) is 15.7. The maximum absolute atomic E-state index is 12.4. The van der Waals surface area contributed by atoms with Gasteiger partial charge in [0.15, 0.2) is 0 Å². The Morgan fingerprint density at radius 3 is 2.48 bits per heavy atom. The molecule has 0 bridgehead atoms. The van der Waals surface area contributed by atoms with Gasteiger partial charge < -0.3 is 10.1 Å². The highest BCUT2D eigenvalue weighted by Crippen LogP contribution is 2.11. The third kappa shape index (κ3) is 5.25. The van der Waals surface area contributed by atoms with Crippen molar-refractivity contribution in [3.05, 3.63) is 76.7 Å². The molecular weight excluding hydrogens is 374 g/mol. The molecule has 0 fully saturated rings. The average molecular weight is 393 g/mol. The number of esters is 1. The Labute approximate surface area is 166 Å². The highest BCUT2D eigenvalue weighted by molar-refractivity contribution is 5.91. The summed E-state index contributed by atoms with van der Waals surface area (Å²) in [5, 5.41) is 10.2. The van der Waals surface area contributed by atoms with Crippen molar-refractivity contribution in [2.75, 3.05) is 11.9 Å². The lowest BCUT2D eigenvalue weighted by molar-refractivity contribution is -0.137. The van der Waals surface area contributed by atoms with E-state index in [1.807, 2.05) is 6.07 Å². The van der Waals surface area contributed by atoms with Gasteiger partial charge in [0.25, 0.3) is 0 Å². The third-order valence-corrected chi connectivity index (χ3v) is 3.83. The summed E-state index contributed by atoms with van der Waals surface area (Å²) < 4.78 is 6.92. The lowest BCUT2D eigenvalue weighted by Gasteiger charge is -2.05. The highest BCUT2D eigenvalue weighted by atomic mass is 16.5. The number of amides is 1. The summed E-state index contributed by atoms with van der Waals surface area (Å²) in [6, 6.07) is 15.7. The van der Waals surface area contributed by atoms with E-state index in [9.17, 15) is 14.4 Å². The van der Waals surface area contributed by atoms with Crippen LogP contribution in [-0.2, 0) is 20.9 Å². The molecule has 0 atom stereocenters. The van der Waals surface area contributed by atoms with Crippen LogP contribution in [0, 0.1) is 0 Å². The van der Waals surface area contributed by atoms with Crippen molar-refractivity contribution in [1.82, 2.24) is 19.8 Å². The number of hydrogen-bond donors (Lipinski definition) is 1. The second-order valence-electron chi connectivity index (χ2n) is 5.92. The minimum Gasteiger partial charge on any atom is -0.463 e. The van der Waals surface area contributed by atoms with Crippen molar-refractivity contribution >= 4 is 23.6 Å². The van der Waals surface area contributed by atoms with Gasteiger partial charge in [-0.3, -0.25) is 4.79 Å². The number of hydrogen-bond acceptors (Lipinski definition) is 6. The lowest BCUT2D eigenvalue weighted by Crippen LogP contribution is -2.29. The van der Waals surface area contributed by atoms with E-state index >= 15 is 0 Å². The van der Waals surface area contributed by atoms with E-state index in [1.165, 1.54) is 6.08 Å². The Morgan fingerprint density at radius 2 is 1.79 bits per heavy atom. The van der Waals surface area contributed by atoms with Gasteiger partial charge in [0.05, 0.1) is 12.3 Å². The molecule has 1 heterocycles. The minimum atomic E-state index is -0.509. The molecule has 9 nitrogen and oxygen atoms in total. The van der Waals surface area contributed by atoms with E-state index in [0.717, 1.165) is 14.9 Å². The molecule has 1 N–H and O–H groups in total. The SMILES string of the molecule is CCOC(=O)C=Cc1ccc(NC(=O)Cn2nnn(-c3ccccc3)c2=O)cc1. The zero-order chi connectivity index (χ0) is 20.6. The number of carbonyl (C=O) groups is 2. The number of tetrazole rings is 1. The predicted molar refractivity (Wildman–Crippen MR) is 106 cm³/mol. The first-order valence-corrected chi connectivity index (χ1v) is 8.90. The Morgan fingerprint density at radius 1 is 1.07 bits per heavy atom. The molecule has 29 heavy (non-hydrogen) atoms. The first kappa shape index (κ1) is 19.7. The molecule has 3 rings (SSSR count). The number of carbonyl (C=O) groups excluding carboxylic acids is 2. The van der Waals surface area contributed by atoms with E-state index in [-0.39, 0.29) is 6.54 Å². The van der Waals surface area contributed by atoms with E-state index in [0.29, 0.717) is 18.0 Å². The van der Waals surface area contributed by atoms with Crippen LogP contribution in [0.2, 0.25) is 0 Å². The minimum absolute atomic E-state index is 0.268. The topological polar surface area (TPSA) is 108 Å². The average Bonchev–Trinajstić information content (AvgIpc) is 3.08. The van der Waals surface area contributed by atoms with E-state index in [4.69, 9.17) is 4.74 Å². The van der Waals surface area contributed by atoms with Gasteiger partial charge in [-0.05, 0) is 53.3 Å². The summed E-state index contributed by atoms with van der Waals surface area (Å²) in [5.74, 6) is -0.833. The zero-order valence-electron chi connectivity index (χ0n) is 15.7. The van der Waals surface area contributed by atoms with Crippen molar-refractivity contribution in [1.29, 1.82) is 0 Å². The number of benzene rings is 2. The number of para-hydroxylation sites is 1. The summed E-state index contributed by atoms with van der Waals surface area (Å²) in [6.45, 7) is 1.78. The van der Waals surface area contributed by atoms with Crippen LogP contribution in [0.4, 0.5) is 5.69 Å². The van der Waals surface area contributed by atoms with Gasteiger partial charge in [-0.25, -0.2) is 9.59 Å². The van der Waals surface area contributed by atoms with Crippen LogP contribution in [0.25, 0.3) is 11.8 Å². The molecule has 148 valence electrons. The van der Waals surface area contributed by atoms with Crippen molar-refractivity contribution in [3.8, 4) is 5.69 Å². The maximum atomic E-state index is 12.4. The molecule has 0 aliphatic carbocycles. The molecule has 0 aliphatic heterocycles. The van der Waals surface area contributed by atoms with Gasteiger partial charge in [0.1, 0.15) is 6.54 Å². The molecule has 2 aromatic carbocycles. The molecule has 0 saturated heterocycles. The predicted octanol–water partition coefficient (Wildman–Crippen LogP) is 1.64. The Bertz CT molecular complexity index is 1070. The fraction of sp³-hybridized carbons (Fsp3) is 0.150. The molecule has 1 amide bonds. The van der Waals surface area contributed by atoms with Crippen LogP contribution >= 0.6 is 0 Å². The van der Waals surface area contributed by atoms with Crippen molar-refractivity contribution in [2.24, 2.45) is 0 Å². The highest BCUT2D eigenvalue weighted by Gasteiger charge is 2.12. The number of rotatable bonds is 7. The largest absolute Gasteiger partial charge is 0.463 e. The van der Waals surface area contributed by atoms with Crippen LogP contribution < -0.4 is 11.0 Å². The smallest absolute Gasteiger partial charge is 0.368 e. The van der Waals surface area contributed by atoms with Gasteiger partial charge in [0, 0.05) is 11.8 Å². The fourth-order valence-corrected chi connectivity index (χ4v) is 2.47. The van der Waals surface area contributed by atoms with Crippen LogP contribution in [0.3, 0.4) is 0 Å². The summed E-state index contributed by atoms with van der Waals surface area (Å²) in [6.07, 6.45) is 2.95. The maximum Gasteiger partial charge on any atom is 0.368 e. The van der Waals surface area contributed by atoms with E-state index in [1.54, 1.807) is 61.5 Å². The number of anilines is 1. The molecule has 0 spiro atoms. The Balaban J connectivity index is 1.61. The molecule has 3 aromatic rings. The van der Waals surface area contributed by atoms with E-state index < -0.39 is 17.6 Å². The quantitative estimate of drug-likeness (QED) is 0.483. The van der Waals surface area contributed by atoms with Crippen molar-refractivity contribution < 1.29 is 14.3 Å². The molecular formula is C20H19N5O4. The first-order chi connectivity index (χ1) is 14.1. The number of aromatic nitrogens is 4. The fourth-order valence-electron chi connectivity index (χ4n) is 2.47. The Hall–Kier alpha value is -4.01. The van der Waals surface area contributed by atoms with E-state index in [2.05, 4.69) is 15.7 Å². The van der Waals surface area contributed by atoms with Crippen molar-refractivity contribution in [2.45, 2.75) is 13.5 Å². The first-order valence-electron chi connectivity index (χ1n) is 8.90. The number of nitrogens with zero attached hydrogens (tertiary/aromatic N) is 4. The summed E-state index contributed by atoms with van der Waals surface area (Å²) in [5.41, 5.74) is 1.38. The normalized spacial score (nSPS) is 10.8. The van der Waals surface area contributed by atoms with Crippen LogP contribution in [0.1, 0.15) is 12.5 Å². The van der Waals surface area contributed by atoms with Crippen LogP contribution in [0.5, 0.6) is 0 Å². The third-order valence-electron chi connectivity index (χ3n) is 3.83. The molecule has 9 heteroatoms. The number of nitrogens with one attached hydrogen (secondary N) is 1. The summed E-state index contributed by atoms with van der Waals surface area (Å²) in [7, 11) is 0.